The lowest BCUT2D eigenvalue weighted by atomic mass is 10.4. The SMILES string of the molecule is CC(C)n1ccnc1CNC(=O)CNS(C)(=O)=O. The molecule has 0 saturated carbocycles. The number of aromatic nitrogens is 2. The molecule has 0 aliphatic carbocycles. The molecule has 0 atom stereocenters. The van der Waals surface area contributed by atoms with Crippen LogP contribution < -0.4 is 10.0 Å². The molecule has 1 amide bonds. The summed E-state index contributed by atoms with van der Waals surface area (Å²) in [6, 6.07) is 0.258. The Kier molecular flexibility index (Phi) is 4.85. The lowest BCUT2D eigenvalue weighted by Gasteiger charge is -2.12. The fourth-order valence-electron chi connectivity index (χ4n) is 1.39. The van der Waals surface area contributed by atoms with Crippen LogP contribution in [0.2, 0.25) is 0 Å². The molecule has 0 saturated heterocycles. The van der Waals surface area contributed by atoms with Crippen LogP contribution in [0.4, 0.5) is 0 Å². The van der Waals surface area contributed by atoms with Crippen molar-refractivity contribution >= 4 is 15.9 Å². The summed E-state index contributed by atoms with van der Waals surface area (Å²) in [5, 5.41) is 2.60. The maximum Gasteiger partial charge on any atom is 0.235 e. The van der Waals surface area contributed by atoms with Crippen molar-refractivity contribution in [2.24, 2.45) is 0 Å². The fourth-order valence-corrected chi connectivity index (χ4v) is 1.78. The van der Waals surface area contributed by atoms with E-state index in [4.69, 9.17) is 0 Å². The predicted octanol–water partition coefficient (Wildman–Crippen LogP) is -0.371. The molecular weight excluding hydrogens is 256 g/mol. The average Bonchev–Trinajstić information content (AvgIpc) is 2.70. The van der Waals surface area contributed by atoms with Gasteiger partial charge < -0.3 is 9.88 Å². The summed E-state index contributed by atoms with van der Waals surface area (Å²) in [5.41, 5.74) is 0. The highest BCUT2D eigenvalue weighted by Gasteiger charge is 2.09. The summed E-state index contributed by atoms with van der Waals surface area (Å²) in [6.45, 7) is 4.03. The maximum atomic E-state index is 11.4. The van der Waals surface area contributed by atoms with Crippen LogP contribution in [0.15, 0.2) is 12.4 Å². The third-order valence-electron chi connectivity index (χ3n) is 2.24. The monoisotopic (exact) mass is 274 g/mol. The number of rotatable bonds is 6. The Morgan fingerprint density at radius 3 is 2.72 bits per heavy atom. The maximum absolute atomic E-state index is 11.4. The molecule has 0 fully saturated rings. The number of hydrogen-bond donors (Lipinski definition) is 2. The van der Waals surface area contributed by atoms with E-state index in [9.17, 15) is 13.2 Å². The third-order valence-corrected chi connectivity index (χ3v) is 2.91. The zero-order valence-corrected chi connectivity index (χ0v) is 11.5. The molecular formula is C10H18N4O3S. The van der Waals surface area contributed by atoms with Crippen LogP contribution in [0.25, 0.3) is 0 Å². The van der Waals surface area contributed by atoms with Crippen LogP contribution in [0.5, 0.6) is 0 Å². The second-order valence-electron chi connectivity index (χ2n) is 4.21. The van der Waals surface area contributed by atoms with Crippen LogP contribution in [0.3, 0.4) is 0 Å². The van der Waals surface area contributed by atoms with Gasteiger partial charge in [0.05, 0.1) is 19.3 Å². The van der Waals surface area contributed by atoms with Gasteiger partial charge in [-0.15, -0.1) is 0 Å². The average molecular weight is 274 g/mol. The minimum absolute atomic E-state index is 0.258. The molecule has 8 heteroatoms. The number of hydrogen-bond acceptors (Lipinski definition) is 4. The Morgan fingerprint density at radius 1 is 1.50 bits per heavy atom. The molecule has 1 heterocycles. The highest BCUT2D eigenvalue weighted by molar-refractivity contribution is 7.88. The molecule has 1 aromatic heterocycles. The molecule has 1 rings (SSSR count). The van der Waals surface area contributed by atoms with Crippen molar-refractivity contribution in [1.29, 1.82) is 0 Å². The van der Waals surface area contributed by atoms with Crippen molar-refractivity contribution < 1.29 is 13.2 Å². The first-order valence-electron chi connectivity index (χ1n) is 5.52. The summed E-state index contributed by atoms with van der Waals surface area (Å²) < 4.78 is 25.7. The van der Waals surface area contributed by atoms with Gasteiger partial charge in [0.1, 0.15) is 5.82 Å². The van der Waals surface area contributed by atoms with Gasteiger partial charge in [0, 0.05) is 18.4 Å². The van der Waals surface area contributed by atoms with Crippen molar-refractivity contribution in [2.75, 3.05) is 12.8 Å². The lowest BCUT2D eigenvalue weighted by molar-refractivity contribution is -0.120. The largest absolute Gasteiger partial charge is 0.348 e. The number of imidazole rings is 1. The van der Waals surface area contributed by atoms with E-state index in [1.54, 1.807) is 6.20 Å². The molecule has 18 heavy (non-hydrogen) atoms. The molecule has 0 radical (unpaired) electrons. The smallest absolute Gasteiger partial charge is 0.235 e. The summed E-state index contributed by atoms with van der Waals surface area (Å²) in [6.07, 6.45) is 4.50. The summed E-state index contributed by atoms with van der Waals surface area (Å²) >= 11 is 0. The first kappa shape index (κ1) is 14.7. The second-order valence-corrected chi connectivity index (χ2v) is 6.05. The Bertz CT molecular complexity index is 507. The molecule has 0 aliphatic rings. The third kappa shape index (κ3) is 4.84. The quantitative estimate of drug-likeness (QED) is 0.740. The zero-order chi connectivity index (χ0) is 13.8. The van der Waals surface area contributed by atoms with Gasteiger partial charge in [-0.3, -0.25) is 4.79 Å². The Morgan fingerprint density at radius 2 is 2.17 bits per heavy atom. The van der Waals surface area contributed by atoms with Crippen molar-refractivity contribution in [3.05, 3.63) is 18.2 Å². The molecule has 7 nitrogen and oxygen atoms in total. The molecule has 0 aromatic carbocycles. The summed E-state index contributed by atoms with van der Waals surface area (Å²) in [7, 11) is -3.34. The van der Waals surface area contributed by atoms with Gasteiger partial charge >= 0.3 is 0 Å². The second kappa shape index (κ2) is 5.96. The number of carbonyl (C=O) groups excluding carboxylic acids is 1. The van der Waals surface area contributed by atoms with Crippen molar-refractivity contribution in [3.8, 4) is 0 Å². The van der Waals surface area contributed by atoms with E-state index in [-0.39, 0.29) is 19.1 Å². The Balaban J connectivity index is 2.45. The first-order valence-corrected chi connectivity index (χ1v) is 7.42. The van der Waals surface area contributed by atoms with Crippen molar-refractivity contribution in [2.45, 2.75) is 26.4 Å². The van der Waals surface area contributed by atoms with Crippen LogP contribution in [0.1, 0.15) is 25.7 Å². The zero-order valence-electron chi connectivity index (χ0n) is 10.7. The molecule has 0 aliphatic heterocycles. The van der Waals surface area contributed by atoms with E-state index in [1.807, 2.05) is 24.6 Å². The predicted molar refractivity (Wildman–Crippen MR) is 67.3 cm³/mol. The highest BCUT2D eigenvalue weighted by Crippen LogP contribution is 2.07. The normalized spacial score (nSPS) is 11.8. The molecule has 0 unspecified atom stereocenters. The number of sulfonamides is 1. The van der Waals surface area contributed by atoms with E-state index in [0.29, 0.717) is 0 Å². The summed E-state index contributed by atoms with van der Waals surface area (Å²) in [4.78, 5) is 15.5. The van der Waals surface area contributed by atoms with Gasteiger partial charge in [-0.2, -0.15) is 0 Å². The van der Waals surface area contributed by atoms with Crippen LogP contribution >= 0.6 is 0 Å². The topological polar surface area (TPSA) is 93.1 Å². The van der Waals surface area contributed by atoms with E-state index in [2.05, 4.69) is 15.0 Å². The van der Waals surface area contributed by atoms with Crippen LogP contribution in [-0.4, -0.2) is 36.7 Å². The van der Waals surface area contributed by atoms with Crippen LogP contribution in [-0.2, 0) is 21.4 Å². The van der Waals surface area contributed by atoms with Gasteiger partial charge in [0.15, 0.2) is 0 Å². The van der Waals surface area contributed by atoms with Gasteiger partial charge in [-0.1, -0.05) is 0 Å². The molecule has 2 N–H and O–H groups in total. The number of amides is 1. The molecule has 0 bridgehead atoms. The highest BCUT2D eigenvalue weighted by atomic mass is 32.2. The lowest BCUT2D eigenvalue weighted by Crippen LogP contribution is -2.36. The standard InChI is InChI=1S/C10H18N4O3S/c1-8(2)14-5-4-11-9(14)6-12-10(15)7-13-18(3,16)17/h4-5,8,13H,6-7H2,1-3H3,(H,12,15). The van der Waals surface area contributed by atoms with E-state index < -0.39 is 15.9 Å². The Hall–Kier alpha value is -1.41. The minimum Gasteiger partial charge on any atom is -0.348 e. The van der Waals surface area contributed by atoms with E-state index >= 15 is 0 Å². The Labute approximate surface area is 107 Å². The van der Waals surface area contributed by atoms with Crippen LogP contribution in [0, 0.1) is 0 Å². The molecule has 1 aromatic rings. The number of nitrogens with zero attached hydrogens (tertiary/aromatic N) is 2. The van der Waals surface area contributed by atoms with E-state index in [0.717, 1.165) is 12.1 Å². The molecule has 102 valence electrons. The number of carbonyl (C=O) groups is 1. The van der Waals surface area contributed by atoms with Crippen molar-refractivity contribution in [1.82, 2.24) is 19.6 Å². The van der Waals surface area contributed by atoms with Gasteiger partial charge in [-0.05, 0) is 13.8 Å². The minimum atomic E-state index is -3.34. The van der Waals surface area contributed by atoms with Gasteiger partial charge in [0.2, 0.25) is 15.9 Å². The van der Waals surface area contributed by atoms with E-state index in [1.165, 1.54) is 0 Å². The number of nitrogens with one attached hydrogen (secondary N) is 2. The van der Waals surface area contributed by atoms with Gasteiger partial charge in [0.25, 0.3) is 0 Å². The fraction of sp³-hybridized carbons (Fsp3) is 0.600. The molecule has 0 spiro atoms. The first-order chi connectivity index (χ1) is 8.29. The van der Waals surface area contributed by atoms with Crippen molar-refractivity contribution in [3.63, 3.8) is 0 Å². The summed E-state index contributed by atoms with van der Waals surface area (Å²) in [5.74, 6) is 0.344. The van der Waals surface area contributed by atoms with Gasteiger partial charge in [-0.25, -0.2) is 18.1 Å².